The van der Waals surface area contributed by atoms with Crippen LogP contribution in [0.2, 0.25) is 10.0 Å². The molecule has 7 heteroatoms. The van der Waals surface area contributed by atoms with Crippen molar-refractivity contribution in [3.8, 4) is 5.75 Å². The summed E-state index contributed by atoms with van der Waals surface area (Å²) in [5, 5.41) is 7.53. The standard InChI is InChI=1S/C18H18Cl2N2O3/c1-3-21-18(23)17(22-24-2)14-7-5-4-6-12(14)11-25-16-9-8-13(19)10-15(16)20/h4-10H,3,11H2,1-2H3,(H,21,23)/b22-17+. The van der Waals surface area contributed by atoms with Crippen LogP contribution < -0.4 is 10.1 Å². The van der Waals surface area contributed by atoms with Gasteiger partial charge in [0.25, 0.3) is 5.91 Å². The Kier molecular flexibility index (Phi) is 7.10. The van der Waals surface area contributed by atoms with Crippen LogP contribution in [-0.4, -0.2) is 25.3 Å². The molecule has 0 radical (unpaired) electrons. The van der Waals surface area contributed by atoms with Gasteiger partial charge in [-0.15, -0.1) is 0 Å². The molecule has 0 aliphatic heterocycles. The normalized spacial score (nSPS) is 11.1. The van der Waals surface area contributed by atoms with E-state index in [0.717, 1.165) is 5.56 Å². The lowest BCUT2D eigenvalue weighted by Gasteiger charge is -2.13. The molecule has 2 aromatic carbocycles. The molecule has 2 aromatic rings. The van der Waals surface area contributed by atoms with Gasteiger partial charge in [-0.05, 0) is 30.7 Å². The topological polar surface area (TPSA) is 59.9 Å². The fraction of sp³-hybridized carbons (Fsp3) is 0.222. The summed E-state index contributed by atoms with van der Waals surface area (Å²) in [7, 11) is 1.39. The number of carbonyl (C=O) groups is 1. The predicted octanol–water partition coefficient (Wildman–Crippen LogP) is 4.06. The van der Waals surface area contributed by atoms with Gasteiger partial charge in [-0.2, -0.15) is 0 Å². The van der Waals surface area contributed by atoms with Crippen LogP contribution in [0.4, 0.5) is 0 Å². The summed E-state index contributed by atoms with van der Waals surface area (Å²) in [4.78, 5) is 17.1. The van der Waals surface area contributed by atoms with E-state index in [2.05, 4.69) is 10.5 Å². The van der Waals surface area contributed by atoms with Crippen LogP contribution in [0.15, 0.2) is 47.6 Å². The summed E-state index contributed by atoms with van der Waals surface area (Å²) in [5.41, 5.74) is 1.58. The summed E-state index contributed by atoms with van der Waals surface area (Å²) in [5.74, 6) is 0.186. The van der Waals surface area contributed by atoms with Crippen molar-refractivity contribution in [2.45, 2.75) is 13.5 Å². The van der Waals surface area contributed by atoms with Gasteiger partial charge in [-0.25, -0.2) is 0 Å². The van der Waals surface area contributed by atoms with Gasteiger partial charge in [0.05, 0.1) is 5.02 Å². The second-order valence-corrected chi connectivity index (χ2v) is 5.85. The van der Waals surface area contributed by atoms with E-state index in [4.69, 9.17) is 32.8 Å². The van der Waals surface area contributed by atoms with Gasteiger partial charge < -0.3 is 14.9 Å². The Hall–Kier alpha value is -2.24. The highest BCUT2D eigenvalue weighted by Gasteiger charge is 2.18. The molecule has 0 bridgehead atoms. The molecule has 0 unspecified atom stereocenters. The minimum atomic E-state index is -0.318. The maximum absolute atomic E-state index is 12.3. The third kappa shape index (κ3) is 5.11. The van der Waals surface area contributed by atoms with Crippen molar-refractivity contribution in [1.82, 2.24) is 5.32 Å². The first-order valence-corrected chi connectivity index (χ1v) is 8.37. The number of likely N-dealkylation sites (N-methyl/N-ethyl adjacent to an activating group) is 1. The maximum atomic E-state index is 12.3. The Balaban J connectivity index is 2.27. The van der Waals surface area contributed by atoms with Gasteiger partial charge in [-0.3, -0.25) is 4.79 Å². The summed E-state index contributed by atoms with van der Waals surface area (Å²) in [6, 6.07) is 12.3. The molecule has 1 amide bonds. The van der Waals surface area contributed by atoms with Crippen molar-refractivity contribution in [2.24, 2.45) is 5.16 Å². The Morgan fingerprint density at radius 1 is 1.20 bits per heavy atom. The fourth-order valence-electron chi connectivity index (χ4n) is 2.17. The van der Waals surface area contributed by atoms with Gasteiger partial charge in [-0.1, -0.05) is 52.6 Å². The van der Waals surface area contributed by atoms with Gasteiger partial charge in [0.2, 0.25) is 0 Å². The highest BCUT2D eigenvalue weighted by Crippen LogP contribution is 2.28. The van der Waals surface area contributed by atoms with Crippen LogP contribution in [0.5, 0.6) is 5.75 Å². The highest BCUT2D eigenvalue weighted by molar-refractivity contribution is 6.45. The van der Waals surface area contributed by atoms with E-state index < -0.39 is 0 Å². The monoisotopic (exact) mass is 380 g/mol. The van der Waals surface area contributed by atoms with E-state index in [0.29, 0.717) is 27.9 Å². The van der Waals surface area contributed by atoms with Crippen molar-refractivity contribution >= 4 is 34.8 Å². The van der Waals surface area contributed by atoms with Crippen LogP contribution in [0.1, 0.15) is 18.1 Å². The van der Waals surface area contributed by atoms with E-state index in [-0.39, 0.29) is 18.2 Å². The van der Waals surface area contributed by atoms with Crippen molar-refractivity contribution in [3.05, 3.63) is 63.6 Å². The molecule has 0 saturated heterocycles. The summed E-state index contributed by atoms with van der Waals surface area (Å²) < 4.78 is 5.77. The zero-order chi connectivity index (χ0) is 18.2. The van der Waals surface area contributed by atoms with Gasteiger partial charge in [0.1, 0.15) is 19.5 Å². The number of nitrogens with one attached hydrogen (secondary N) is 1. The van der Waals surface area contributed by atoms with E-state index in [1.807, 2.05) is 25.1 Å². The number of carbonyl (C=O) groups excluding carboxylic acids is 1. The second kappa shape index (κ2) is 9.30. The molecule has 0 aliphatic rings. The summed E-state index contributed by atoms with van der Waals surface area (Å²) in [6.45, 7) is 2.53. The molecule has 132 valence electrons. The molecule has 0 aromatic heterocycles. The van der Waals surface area contributed by atoms with Crippen molar-refractivity contribution in [2.75, 3.05) is 13.7 Å². The summed E-state index contributed by atoms with van der Waals surface area (Å²) in [6.07, 6.45) is 0. The van der Waals surface area contributed by atoms with Crippen LogP contribution in [-0.2, 0) is 16.2 Å². The molecule has 1 N–H and O–H groups in total. The lowest BCUT2D eigenvalue weighted by atomic mass is 10.0. The average molecular weight is 381 g/mol. The third-order valence-corrected chi connectivity index (χ3v) is 3.82. The Morgan fingerprint density at radius 3 is 2.64 bits per heavy atom. The first kappa shape index (κ1) is 19.1. The number of amides is 1. The van der Waals surface area contributed by atoms with E-state index in [1.165, 1.54) is 7.11 Å². The number of hydrogen-bond donors (Lipinski definition) is 1. The van der Waals surface area contributed by atoms with Gasteiger partial charge in [0.15, 0.2) is 5.71 Å². The largest absolute Gasteiger partial charge is 0.487 e. The lowest BCUT2D eigenvalue weighted by Crippen LogP contribution is -2.32. The first-order valence-electron chi connectivity index (χ1n) is 7.62. The number of halogens is 2. The molecular formula is C18H18Cl2N2O3. The number of benzene rings is 2. The highest BCUT2D eigenvalue weighted by atomic mass is 35.5. The van der Waals surface area contributed by atoms with Crippen LogP contribution in [0, 0.1) is 0 Å². The van der Waals surface area contributed by atoms with Crippen LogP contribution in [0.25, 0.3) is 0 Å². The Bertz CT molecular complexity index is 779. The molecule has 2 rings (SSSR count). The SMILES string of the molecule is CCNC(=O)/C(=N/OC)c1ccccc1COc1ccc(Cl)cc1Cl. The molecular weight excluding hydrogens is 363 g/mol. The van der Waals surface area contributed by atoms with Crippen LogP contribution in [0.3, 0.4) is 0 Å². The number of ether oxygens (including phenoxy) is 1. The fourth-order valence-corrected chi connectivity index (χ4v) is 2.64. The second-order valence-electron chi connectivity index (χ2n) is 5.00. The minimum Gasteiger partial charge on any atom is -0.487 e. The van der Waals surface area contributed by atoms with Gasteiger partial charge in [0, 0.05) is 17.1 Å². The molecule has 0 fully saturated rings. The molecule has 0 atom stereocenters. The lowest BCUT2D eigenvalue weighted by molar-refractivity contribution is -0.114. The minimum absolute atomic E-state index is 0.186. The Labute approximate surface area is 156 Å². The maximum Gasteiger partial charge on any atom is 0.273 e. The van der Waals surface area contributed by atoms with E-state index in [9.17, 15) is 4.79 Å². The number of rotatable bonds is 7. The van der Waals surface area contributed by atoms with Crippen molar-refractivity contribution in [3.63, 3.8) is 0 Å². The van der Waals surface area contributed by atoms with Crippen LogP contribution >= 0.6 is 23.2 Å². The zero-order valence-corrected chi connectivity index (χ0v) is 15.4. The van der Waals surface area contributed by atoms with E-state index >= 15 is 0 Å². The molecule has 5 nitrogen and oxygen atoms in total. The molecule has 0 saturated carbocycles. The number of nitrogens with zero attached hydrogens (tertiary/aromatic N) is 1. The number of hydrogen-bond acceptors (Lipinski definition) is 4. The van der Waals surface area contributed by atoms with Crippen molar-refractivity contribution in [1.29, 1.82) is 0 Å². The smallest absolute Gasteiger partial charge is 0.273 e. The predicted molar refractivity (Wildman–Crippen MR) is 99.5 cm³/mol. The molecule has 0 heterocycles. The summed E-state index contributed by atoms with van der Waals surface area (Å²) >= 11 is 12.0. The molecule has 0 spiro atoms. The average Bonchev–Trinajstić information content (AvgIpc) is 2.59. The molecule has 25 heavy (non-hydrogen) atoms. The molecule has 0 aliphatic carbocycles. The third-order valence-electron chi connectivity index (χ3n) is 3.28. The van der Waals surface area contributed by atoms with E-state index in [1.54, 1.807) is 24.3 Å². The van der Waals surface area contributed by atoms with Crippen molar-refractivity contribution < 1.29 is 14.4 Å². The quantitative estimate of drug-likeness (QED) is 0.581. The number of oxime groups is 1. The van der Waals surface area contributed by atoms with Gasteiger partial charge >= 0.3 is 0 Å². The Morgan fingerprint density at radius 2 is 1.96 bits per heavy atom. The zero-order valence-electron chi connectivity index (χ0n) is 13.9. The first-order chi connectivity index (χ1) is 12.1.